The molecule has 6 nitrogen and oxygen atoms in total. The standard InChI is InChI=1S/C13H20N2O4S/c1-9(2)15-13(17)8-14-20(18,19)12-6-4-11(5-7-12)10(3)16/h4-7,9-10,14,16H,8H2,1-3H3,(H,15,17). The first-order valence-electron chi connectivity index (χ1n) is 6.29. The van der Waals surface area contributed by atoms with Gasteiger partial charge in [0.15, 0.2) is 0 Å². The van der Waals surface area contributed by atoms with Gasteiger partial charge in [0.1, 0.15) is 0 Å². The summed E-state index contributed by atoms with van der Waals surface area (Å²) >= 11 is 0. The molecular weight excluding hydrogens is 280 g/mol. The van der Waals surface area contributed by atoms with Crippen LogP contribution < -0.4 is 10.0 Å². The molecule has 0 aromatic heterocycles. The van der Waals surface area contributed by atoms with Crippen LogP contribution in [0.25, 0.3) is 0 Å². The van der Waals surface area contributed by atoms with Crippen molar-refractivity contribution in [1.82, 2.24) is 10.0 Å². The van der Waals surface area contributed by atoms with E-state index in [0.29, 0.717) is 5.56 Å². The number of hydrogen-bond acceptors (Lipinski definition) is 4. The summed E-state index contributed by atoms with van der Waals surface area (Å²) in [5.74, 6) is -0.385. The third-order valence-corrected chi connectivity index (χ3v) is 3.96. The zero-order valence-electron chi connectivity index (χ0n) is 11.8. The third-order valence-electron chi connectivity index (χ3n) is 2.55. The molecule has 0 aliphatic carbocycles. The van der Waals surface area contributed by atoms with E-state index in [0.717, 1.165) is 0 Å². The van der Waals surface area contributed by atoms with E-state index >= 15 is 0 Å². The van der Waals surface area contributed by atoms with Crippen molar-refractivity contribution in [3.05, 3.63) is 29.8 Å². The lowest BCUT2D eigenvalue weighted by molar-refractivity contribution is -0.120. The van der Waals surface area contributed by atoms with Gasteiger partial charge in [0.05, 0.1) is 17.5 Å². The quantitative estimate of drug-likeness (QED) is 0.714. The minimum atomic E-state index is -3.73. The van der Waals surface area contributed by atoms with Crippen molar-refractivity contribution in [3.63, 3.8) is 0 Å². The van der Waals surface area contributed by atoms with Gasteiger partial charge in [0.25, 0.3) is 0 Å². The van der Waals surface area contributed by atoms with Crippen molar-refractivity contribution in [3.8, 4) is 0 Å². The molecule has 3 N–H and O–H groups in total. The van der Waals surface area contributed by atoms with Crippen molar-refractivity contribution in [2.75, 3.05) is 6.54 Å². The van der Waals surface area contributed by atoms with Gasteiger partial charge in [-0.3, -0.25) is 4.79 Å². The lowest BCUT2D eigenvalue weighted by Crippen LogP contribution is -2.39. The summed E-state index contributed by atoms with van der Waals surface area (Å²) in [7, 11) is -3.73. The number of hydrogen-bond donors (Lipinski definition) is 3. The van der Waals surface area contributed by atoms with Crippen LogP contribution >= 0.6 is 0 Å². The molecule has 7 heteroatoms. The molecule has 0 saturated carbocycles. The average molecular weight is 300 g/mol. The van der Waals surface area contributed by atoms with Gasteiger partial charge in [-0.15, -0.1) is 0 Å². The highest BCUT2D eigenvalue weighted by molar-refractivity contribution is 7.89. The molecule has 0 heterocycles. The maximum Gasteiger partial charge on any atom is 0.241 e. The molecule has 1 amide bonds. The third kappa shape index (κ3) is 4.92. The molecule has 1 aromatic rings. The van der Waals surface area contributed by atoms with E-state index in [-0.39, 0.29) is 23.4 Å². The Kier molecular flexibility index (Phi) is 5.67. The van der Waals surface area contributed by atoms with E-state index in [4.69, 9.17) is 0 Å². The number of benzene rings is 1. The molecule has 1 aromatic carbocycles. The van der Waals surface area contributed by atoms with Gasteiger partial charge in [0, 0.05) is 6.04 Å². The Balaban J connectivity index is 2.71. The van der Waals surface area contributed by atoms with Crippen molar-refractivity contribution in [2.24, 2.45) is 0 Å². The van der Waals surface area contributed by atoms with Gasteiger partial charge in [-0.2, -0.15) is 0 Å². The summed E-state index contributed by atoms with van der Waals surface area (Å²) < 4.78 is 26.1. The molecule has 0 fully saturated rings. The first-order valence-corrected chi connectivity index (χ1v) is 7.77. The molecule has 0 aliphatic heterocycles. The molecule has 0 spiro atoms. The van der Waals surface area contributed by atoms with Crippen LogP contribution in [0.4, 0.5) is 0 Å². The van der Waals surface area contributed by atoms with Crippen molar-refractivity contribution in [2.45, 2.75) is 37.8 Å². The molecule has 0 radical (unpaired) electrons. The Hall–Kier alpha value is -1.44. The molecule has 112 valence electrons. The van der Waals surface area contributed by atoms with Gasteiger partial charge in [0.2, 0.25) is 15.9 Å². The lowest BCUT2D eigenvalue weighted by Gasteiger charge is -2.10. The Labute approximate surface area is 119 Å². The van der Waals surface area contributed by atoms with Crippen LogP contribution in [0.3, 0.4) is 0 Å². The summed E-state index contributed by atoms with van der Waals surface area (Å²) in [4.78, 5) is 11.5. The van der Waals surface area contributed by atoms with E-state index < -0.39 is 16.1 Å². The molecule has 1 atom stereocenters. The molecular formula is C13H20N2O4S. The van der Waals surface area contributed by atoms with Crippen LogP contribution in [0.2, 0.25) is 0 Å². The number of nitrogens with one attached hydrogen (secondary N) is 2. The lowest BCUT2D eigenvalue weighted by atomic mass is 10.1. The summed E-state index contributed by atoms with van der Waals surface area (Å²) in [6, 6.07) is 5.81. The van der Waals surface area contributed by atoms with Crippen LogP contribution in [0.1, 0.15) is 32.4 Å². The maximum atomic E-state index is 11.9. The van der Waals surface area contributed by atoms with E-state index in [1.54, 1.807) is 20.8 Å². The number of aliphatic hydroxyl groups is 1. The molecule has 0 bridgehead atoms. The van der Waals surface area contributed by atoms with Gasteiger partial charge in [-0.05, 0) is 38.5 Å². The molecule has 1 rings (SSSR count). The first kappa shape index (κ1) is 16.6. The fraction of sp³-hybridized carbons (Fsp3) is 0.462. The molecule has 0 saturated heterocycles. The zero-order chi connectivity index (χ0) is 15.3. The number of carbonyl (C=O) groups is 1. The predicted octanol–water partition coefficient (Wildman–Crippen LogP) is 0.543. The zero-order valence-corrected chi connectivity index (χ0v) is 12.6. The largest absolute Gasteiger partial charge is 0.389 e. The number of amides is 1. The Morgan fingerprint density at radius 3 is 2.20 bits per heavy atom. The highest BCUT2D eigenvalue weighted by atomic mass is 32.2. The van der Waals surface area contributed by atoms with Crippen LogP contribution in [-0.4, -0.2) is 32.0 Å². The molecule has 0 aliphatic rings. The van der Waals surface area contributed by atoms with Gasteiger partial charge in [-0.25, -0.2) is 13.1 Å². The Morgan fingerprint density at radius 1 is 1.20 bits per heavy atom. The van der Waals surface area contributed by atoms with E-state index in [9.17, 15) is 18.3 Å². The normalized spacial score (nSPS) is 13.2. The number of sulfonamides is 1. The number of carbonyl (C=O) groups excluding carboxylic acids is 1. The van der Waals surface area contributed by atoms with E-state index in [2.05, 4.69) is 10.0 Å². The van der Waals surface area contributed by atoms with Gasteiger partial charge < -0.3 is 10.4 Å². The Morgan fingerprint density at radius 2 is 1.75 bits per heavy atom. The SMILES string of the molecule is CC(C)NC(=O)CNS(=O)(=O)c1ccc(C(C)O)cc1. The van der Waals surface area contributed by atoms with Crippen molar-refractivity contribution in [1.29, 1.82) is 0 Å². The summed E-state index contributed by atoms with van der Waals surface area (Å²) in [6.07, 6.45) is -0.656. The second-order valence-electron chi connectivity index (χ2n) is 4.79. The minimum Gasteiger partial charge on any atom is -0.389 e. The fourth-order valence-corrected chi connectivity index (χ4v) is 2.52. The molecule has 1 unspecified atom stereocenters. The summed E-state index contributed by atoms with van der Waals surface area (Å²) in [6.45, 7) is 4.87. The summed E-state index contributed by atoms with van der Waals surface area (Å²) in [5, 5.41) is 12.0. The van der Waals surface area contributed by atoms with Crippen molar-refractivity contribution >= 4 is 15.9 Å². The topological polar surface area (TPSA) is 95.5 Å². The second kappa shape index (κ2) is 6.83. The fourth-order valence-electron chi connectivity index (χ4n) is 1.54. The second-order valence-corrected chi connectivity index (χ2v) is 6.56. The number of rotatable bonds is 6. The van der Waals surface area contributed by atoms with E-state index in [1.807, 2.05) is 0 Å². The Bertz CT molecular complexity index is 550. The highest BCUT2D eigenvalue weighted by Gasteiger charge is 2.16. The number of aliphatic hydroxyl groups excluding tert-OH is 1. The van der Waals surface area contributed by atoms with Crippen LogP contribution in [0.5, 0.6) is 0 Å². The monoisotopic (exact) mass is 300 g/mol. The van der Waals surface area contributed by atoms with Crippen LogP contribution in [-0.2, 0) is 14.8 Å². The van der Waals surface area contributed by atoms with Gasteiger partial charge >= 0.3 is 0 Å². The van der Waals surface area contributed by atoms with Gasteiger partial charge in [-0.1, -0.05) is 12.1 Å². The summed E-state index contributed by atoms with van der Waals surface area (Å²) in [5.41, 5.74) is 0.626. The van der Waals surface area contributed by atoms with Crippen LogP contribution in [0, 0.1) is 0 Å². The first-order chi connectivity index (χ1) is 9.22. The van der Waals surface area contributed by atoms with E-state index in [1.165, 1.54) is 24.3 Å². The highest BCUT2D eigenvalue weighted by Crippen LogP contribution is 2.15. The van der Waals surface area contributed by atoms with Crippen molar-refractivity contribution < 1.29 is 18.3 Å². The smallest absolute Gasteiger partial charge is 0.241 e. The van der Waals surface area contributed by atoms with Crippen LogP contribution in [0.15, 0.2) is 29.2 Å². The maximum absolute atomic E-state index is 11.9. The average Bonchev–Trinajstić information content (AvgIpc) is 2.36. The molecule has 20 heavy (non-hydrogen) atoms. The minimum absolute atomic E-state index is 0.0441. The predicted molar refractivity (Wildman–Crippen MR) is 75.5 cm³/mol.